The van der Waals surface area contributed by atoms with Gasteiger partial charge in [-0.2, -0.15) is 0 Å². The molecule has 2 aromatic rings. The summed E-state index contributed by atoms with van der Waals surface area (Å²) in [6.07, 6.45) is 0. The summed E-state index contributed by atoms with van der Waals surface area (Å²) in [6.45, 7) is 5.67. The molecule has 1 aromatic heterocycles. The van der Waals surface area contributed by atoms with Crippen molar-refractivity contribution >= 4 is 11.0 Å². The first-order valence-electron chi connectivity index (χ1n) is 6.67. The first-order valence-corrected chi connectivity index (χ1v) is 6.67. The molecule has 19 heavy (non-hydrogen) atoms. The summed E-state index contributed by atoms with van der Waals surface area (Å²) in [6, 6.07) is 8.07. The van der Waals surface area contributed by atoms with Crippen molar-refractivity contribution in [2.24, 2.45) is 0 Å². The third-order valence-corrected chi connectivity index (χ3v) is 3.66. The molecule has 3 rings (SSSR count). The van der Waals surface area contributed by atoms with Gasteiger partial charge in [-0.25, -0.2) is 4.98 Å². The van der Waals surface area contributed by atoms with Crippen molar-refractivity contribution in [3.63, 3.8) is 0 Å². The van der Waals surface area contributed by atoms with Gasteiger partial charge in [-0.1, -0.05) is 12.1 Å². The molecule has 1 aliphatic rings. The summed E-state index contributed by atoms with van der Waals surface area (Å²) in [5.41, 5.74) is 2.17. The minimum Gasteiger partial charge on any atom is -0.319 e. The fourth-order valence-electron chi connectivity index (χ4n) is 2.48. The van der Waals surface area contributed by atoms with E-state index in [-0.39, 0.29) is 5.56 Å². The highest BCUT2D eigenvalue weighted by Crippen LogP contribution is 2.09. The van der Waals surface area contributed by atoms with E-state index in [1.165, 1.54) is 0 Å². The van der Waals surface area contributed by atoms with E-state index in [1.54, 1.807) is 0 Å². The smallest absolute Gasteiger partial charge is 0.271 e. The number of fused-ring (bicyclic) bond motifs is 1. The SMILES string of the molecule is C[C@H]1CNCCN1Cc1nc2ccccc2[nH]c1=O. The number of benzene rings is 1. The van der Waals surface area contributed by atoms with Crippen LogP contribution >= 0.6 is 0 Å². The standard InChI is InChI=1S/C14H18N4O/c1-10-8-15-6-7-18(10)9-13-14(19)17-12-5-3-2-4-11(12)16-13/h2-5,10,15H,6-9H2,1H3,(H,17,19)/t10-/m0/s1. The quantitative estimate of drug-likeness (QED) is 0.833. The molecular weight excluding hydrogens is 240 g/mol. The van der Waals surface area contributed by atoms with Crippen LogP contribution in [0.2, 0.25) is 0 Å². The van der Waals surface area contributed by atoms with Crippen molar-refractivity contribution in [1.29, 1.82) is 0 Å². The molecule has 5 nitrogen and oxygen atoms in total. The van der Waals surface area contributed by atoms with Gasteiger partial charge in [0.25, 0.3) is 5.56 Å². The number of hydrogen-bond acceptors (Lipinski definition) is 4. The molecule has 0 aliphatic carbocycles. The number of nitrogens with zero attached hydrogens (tertiary/aromatic N) is 2. The molecule has 2 heterocycles. The summed E-state index contributed by atoms with van der Waals surface area (Å²) < 4.78 is 0. The second kappa shape index (κ2) is 5.11. The van der Waals surface area contributed by atoms with E-state index >= 15 is 0 Å². The molecular formula is C14H18N4O. The van der Waals surface area contributed by atoms with E-state index in [1.807, 2.05) is 24.3 Å². The summed E-state index contributed by atoms with van der Waals surface area (Å²) >= 11 is 0. The molecule has 0 radical (unpaired) electrons. The number of hydrogen-bond donors (Lipinski definition) is 2. The lowest BCUT2D eigenvalue weighted by atomic mass is 10.2. The average molecular weight is 258 g/mol. The molecule has 1 atom stereocenters. The number of aromatic amines is 1. The molecule has 1 aromatic carbocycles. The van der Waals surface area contributed by atoms with Crippen LogP contribution in [0.5, 0.6) is 0 Å². The third kappa shape index (κ3) is 2.52. The van der Waals surface area contributed by atoms with Crippen LogP contribution in [-0.4, -0.2) is 40.5 Å². The highest BCUT2D eigenvalue weighted by Gasteiger charge is 2.19. The van der Waals surface area contributed by atoms with Crippen LogP contribution in [0.4, 0.5) is 0 Å². The van der Waals surface area contributed by atoms with Crippen LogP contribution in [0.25, 0.3) is 11.0 Å². The lowest BCUT2D eigenvalue weighted by Crippen LogP contribution is -2.49. The molecule has 1 aliphatic heterocycles. The Morgan fingerprint density at radius 2 is 2.26 bits per heavy atom. The van der Waals surface area contributed by atoms with Gasteiger partial charge in [0.1, 0.15) is 5.69 Å². The average Bonchev–Trinajstić information content (AvgIpc) is 2.42. The highest BCUT2D eigenvalue weighted by atomic mass is 16.1. The van der Waals surface area contributed by atoms with Crippen LogP contribution in [0.3, 0.4) is 0 Å². The number of H-pyrrole nitrogens is 1. The minimum atomic E-state index is -0.0792. The zero-order chi connectivity index (χ0) is 13.2. The van der Waals surface area contributed by atoms with Crippen molar-refractivity contribution in [3.05, 3.63) is 40.3 Å². The Morgan fingerprint density at radius 1 is 1.42 bits per heavy atom. The molecule has 0 unspecified atom stereocenters. The minimum absolute atomic E-state index is 0.0792. The Balaban J connectivity index is 1.91. The van der Waals surface area contributed by atoms with E-state index in [0.29, 0.717) is 18.3 Å². The fourth-order valence-corrected chi connectivity index (χ4v) is 2.48. The summed E-state index contributed by atoms with van der Waals surface area (Å²) in [5.74, 6) is 0. The molecule has 0 amide bonds. The van der Waals surface area contributed by atoms with Crippen molar-refractivity contribution in [2.75, 3.05) is 19.6 Å². The lowest BCUT2D eigenvalue weighted by molar-refractivity contribution is 0.163. The van der Waals surface area contributed by atoms with Gasteiger partial charge in [-0.05, 0) is 19.1 Å². The maximum Gasteiger partial charge on any atom is 0.271 e. The van der Waals surface area contributed by atoms with E-state index < -0.39 is 0 Å². The topological polar surface area (TPSA) is 61.0 Å². The number of piperazine rings is 1. The van der Waals surface area contributed by atoms with Crippen LogP contribution < -0.4 is 10.9 Å². The van der Waals surface area contributed by atoms with Gasteiger partial charge in [0.15, 0.2) is 0 Å². The van der Waals surface area contributed by atoms with E-state index in [2.05, 4.69) is 27.1 Å². The van der Waals surface area contributed by atoms with Crippen LogP contribution in [0.15, 0.2) is 29.1 Å². The van der Waals surface area contributed by atoms with Gasteiger partial charge in [-0.15, -0.1) is 0 Å². The molecule has 5 heteroatoms. The first-order chi connectivity index (χ1) is 9.24. The Kier molecular flexibility index (Phi) is 3.31. The Labute approximate surface area is 111 Å². The second-order valence-electron chi connectivity index (χ2n) is 5.05. The number of nitrogens with one attached hydrogen (secondary N) is 2. The zero-order valence-electron chi connectivity index (χ0n) is 11.0. The third-order valence-electron chi connectivity index (χ3n) is 3.66. The number of rotatable bonds is 2. The Hall–Kier alpha value is -1.72. The Morgan fingerprint density at radius 3 is 3.11 bits per heavy atom. The monoisotopic (exact) mass is 258 g/mol. The molecule has 1 fully saturated rings. The van der Waals surface area contributed by atoms with E-state index in [9.17, 15) is 4.79 Å². The van der Waals surface area contributed by atoms with E-state index in [4.69, 9.17) is 0 Å². The van der Waals surface area contributed by atoms with Crippen molar-refractivity contribution in [1.82, 2.24) is 20.2 Å². The molecule has 100 valence electrons. The molecule has 0 spiro atoms. The Bertz CT molecular complexity index is 637. The van der Waals surface area contributed by atoms with Gasteiger partial charge in [0, 0.05) is 32.2 Å². The van der Waals surface area contributed by atoms with Gasteiger partial charge >= 0.3 is 0 Å². The largest absolute Gasteiger partial charge is 0.319 e. The number of para-hydroxylation sites is 2. The fraction of sp³-hybridized carbons (Fsp3) is 0.429. The second-order valence-corrected chi connectivity index (χ2v) is 5.05. The predicted octanol–water partition coefficient (Wildman–Crippen LogP) is 0.717. The number of aromatic nitrogens is 2. The molecule has 2 N–H and O–H groups in total. The van der Waals surface area contributed by atoms with E-state index in [0.717, 1.165) is 30.7 Å². The van der Waals surface area contributed by atoms with Gasteiger partial charge in [-0.3, -0.25) is 9.69 Å². The van der Waals surface area contributed by atoms with Crippen LogP contribution in [0.1, 0.15) is 12.6 Å². The van der Waals surface area contributed by atoms with Gasteiger partial charge in [0.05, 0.1) is 11.0 Å². The molecule has 0 saturated carbocycles. The normalized spacial score (nSPS) is 20.8. The van der Waals surface area contributed by atoms with Crippen LogP contribution in [0, 0.1) is 0 Å². The maximum atomic E-state index is 12.1. The molecule has 1 saturated heterocycles. The zero-order valence-corrected chi connectivity index (χ0v) is 11.0. The van der Waals surface area contributed by atoms with Crippen molar-refractivity contribution in [2.45, 2.75) is 19.5 Å². The van der Waals surface area contributed by atoms with Crippen LogP contribution in [-0.2, 0) is 6.54 Å². The summed E-state index contributed by atoms with van der Waals surface area (Å²) in [7, 11) is 0. The van der Waals surface area contributed by atoms with Gasteiger partial charge in [0.2, 0.25) is 0 Å². The highest BCUT2D eigenvalue weighted by molar-refractivity contribution is 5.73. The summed E-state index contributed by atoms with van der Waals surface area (Å²) in [5, 5.41) is 3.35. The van der Waals surface area contributed by atoms with Crippen molar-refractivity contribution in [3.8, 4) is 0 Å². The lowest BCUT2D eigenvalue weighted by Gasteiger charge is -2.33. The van der Waals surface area contributed by atoms with Gasteiger partial charge < -0.3 is 10.3 Å². The maximum absolute atomic E-state index is 12.1. The van der Waals surface area contributed by atoms with Crippen molar-refractivity contribution < 1.29 is 0 Å². The predicted molar refractivity (Wildman–Crippen MR) is 75.1 cm³/mol. The summed E-state index contributed by atoms with van der Waals surface area (Å²) in [4.78, 5) is 21.7. The molecule has 0 bridgehead atoms. The first kappa shape index (κ1) is 12.3.